The zero-order valence-corrected chi connectivity index (χ0v) is 10.2. The van der Waals surface area contributed by atoms with Crippen molar-refractivity contribution >= 4 is 29.1 Å². The number of aromatic hydroxyl groups is 1. The van der Waals surface area contributed by atoms with E-state index in [1.54, 1.807) is 19.2 Å². The van der Waals surface area contributed by atoms with Crippen molar-refractivity contribution in [3.63, 3.8) is 0 Å². The van der Waals surface area contributed by atoms with Crippen molar-refractivity contribution in [1.82, 2.24) is 0 Å². The van der Waals surface area contributed by atoms with Crippen molar-refractivity contribution in [2.24, 2.45) is 0 Å². The minimum Gasteiger partial charge on any atom is -0.505 e. The third-order valence-electron chi connectivity index (χ3n) is 1.84. The molecule has 3 nitrogen and oxygen atoms in total. The number of nitrogens with two attached hydrogens (primary N) is 1. The van der Waals surface area contributed by atoms with Crippen LogP contribution >= 0.6 is 23.4 Å². The Morgan fingerprint density at radius 1 is 1.60 bits per heavy atom. The molecule has 0 aliphatic heterocycles. The van der Waals surface area contributed by atoms with E-state index in [9.17, 15) is 5.11 Å². The van der Waals surface area contributed by atoms with Gasteiger partial charge in [-0.3, -0.25) is 0 Å². The van der Waals surface area contributed by atoms with E-state index in [4.69, 9.17) is 22.1 Å². The number of hydrogen-bond acceptors (Lipinski definition) is 4. The largest absolute Gasteiger partial charge is 0.505 e. The first-order chi connectivity index (χ1) is 7.06. The van der Waals surface area contributed by atoms with Crippen molar-refractivity contribution in [2.45, 2.75) is 17.1 Å². The molecular formula is C10H14ClNO2S. The van der Waals surface area contributed by atoms with Gasteiger partial charge >= 0.3 is 0 Å². The number of ether oxygens (including phenoxy) is 1. The molecule has 15 heavy (non-hydrogen) atoms. The molecule has 84 valence electrons. The van der Waals surface area contributed by atoms with Gasteiger partial charge in [-0.25, -0.2) is 0 Å². The van der Waals surface area contributed by atoms with Gasteiger partial charge in [0, 0.05) is 12.4 Å². The molecule has 0 radical (unpaired) electrons. The molecule has 0 aliphatic rings. The average molecular weight is 248 g/mol. The number of thioether (sulfide) groups is 1. The summed E-state index contributed by atoms with van der Waals surface area (Å²) in [6.07, 6.45) is 0. The van der Waals surface area contributed by atoms with Crippen molar-refractivity contribution < 1.29 is 9.84 Å². The molecule has 3 N–H and O–H groups in total. The van der Waals surface area contributed by atoms with E-state index in [2.05, 4.69) is 0 Å². The van der Waals surface area contributed by atoms with E-state index >= 15 is 0 Å². The molecule has 0 bridgehead atoms. The Labute approximate surface area is 98.6 Å². The Bertz CT molecular complexity index is 346. The Balaban J connectivity index is 2.88. The van der Waals surface area contributed by atoms with E-state index < -0.39 is 0 Å². The van der Waals surface area contributed by atoms with Gasteiger partial charge in [-0.15, -0.1) is 11.8 Å². The summed E-state index contributed by atoms with van der Waals surface area (Å²) in [5.74, 6) is 0.0513. The minimum absolute atomic E-state index is 0.0513. The van der Waals surface area contributed by atoms with E-state index in [0.29, 0.717) is 22.2 Å². The van der Waals surface area contributed by atoms with Crippen LogP contribution in [0.5, 0.6) is 5.75 Å². The fourth-order valence-corrected chi connectivity index (χ4v) is 2.45. The summed E-state index contributed by atoms with van der Waals surface area (Å²) in [7, 11) is 1.64. The van der Waals surface area contributed by atoms with Crippen LogP contribution in [0.25, 0.3) is 0 Å². The highest BCUT2D eigenvalue weighted by molar-refractivity contribution is 8.00. The molecule has 0 spiro atoms. The molecule has 0 saturated carbocycles. The van der Waals surface area contributed by atoms with Crippen LogP contribution in [-0.4, -0.2) is 24.1 Å². The Morgan fingerprint density at radius 2 is 2.27 bits per heavy atom. The maximum Gasteiger partial charge on any atom is 0.153 e. The fraction of sp³-hybridized carbons (Fsp3) is 0.400. The van der Waals surface area contributed by atoms with Crippen LogP contribution in [0.3, 0.4) is 0 Å². The van der Waals surface area contributed by atoms with Gasteiger partial charge in [-0.2, -0.15) is 0 Å². The molecule has 5 heteroatoms. The maximum absolute atomic E-state index is 9.72. The van der Waals surface area contributed by atoms with Crippen LogP contribution in [0.1, 0.15) is 6.92 Å². The Kier molecular flexibility index (Phi) is 4.57. The van der Waals surface area contributed by atoms with Gasteiger partial charge in [0.05, 0.1) is 22.2 Å². The van der Waals surface area contributed by atoms with Gasteiger partial charge < -0.3 is 15.6 Å². The van der Waals surface area contributed by atoms with Crippen LogP contribution in [0, 0.1) is 0 Å². The summed E-state index contributed by atoms with van der Waals surface area (Å²) >= 11 is 7.42. The normalized spacial score (nSPS) is 12.7. The van der Waals surface area contributed by atoms with Crippen LogP contribution in [0.15, 0.2) is 17.0 Å². The molecule has 1 aromatic carbocycles. The highest BCUT2D eigenvalue weighted by atomic mass is 35.5. The van der Waals surface area contributed by atoms with Crippen LogP contribution < -0.4 is 5.73 Å². The lowest BCUT2D eigenvalue weighted by Crippen LogP contribution is -2.05. The molecule has 0 unspecified atom stereocenters. The third kappa shape index (κ3) is 3.19. The lowest BCUT2D eigenvalue weighted by Gasteiger charge is -2.13. The second-order valence-electron chi connectivity index (χ2n) is 3.20. The SMILES string of the molecule is COC[C@@H](C)Sc1c(Cl)ccc(N)c1O. The first-order valence-corrected chi connectivity index (χ1v) is 5.74. The maximum atomic E-state index is 9.72. The summed E-state index contributed by atoms with van der Waals surface area (Å²) in [5, 5.41) is 10.4. The van der Waals surface area contributed by atoms with Gasteiger partial charge in [-0.1, -0.05) is 18.5 Å². The van der Waals surface area contributed by atoms with Gasteiger partial charge in [0.1, 0.15) is 0 Å². The van der Waals surface area contributed by atoms with E-state index in [-0.39, 0.29) is 11.0 Å². The minimum atomic E-state index is 0.0513. The first-order valence-electron chi connectivity index (χ1n) is 4.48. The molecule has 0 fully saturated rings. The number of halogens is 1. The lowest BCUT2D eigenvalue weighted by atomic mass is 10.3. The molecule has 0 saturated heterocycles. The predicted octanol–water partition coefficient (Wildman–Crippen LogP) is 2.75. The number of anilines is 1. The van der Waals surface area contributed by atoms with E-state index in [0.717, 1.165) is 0 Å². The molecule has 0 aliphatic carbocycles. The summed E-state index contributed by atoms with van der Waals surface area (Å²) < 4.78 is 5.01. The van der Waals surface area contributed by atoms with Gasteiger partial charge in [0.15, 0.2) is 5.75 Å². The molecule has 0 amide bonds. The Hall–Kier alpha value is -0.580. The lowest BCUT2D eigenvalue weighted by molar-refractivity contribution is 0.203. The topological polar surface area (TPSA) is 55.5 Å². The van der Waals surface area contributed by atoms with Gasteiger partial charge in [0.25, 0.3) is 0 Å². The van der Waals surface area contributed by atoms with Gasteiger partial charge in [-0.05, 0) is 12.1 Å². The smallest absolute Gasteiger partial charge is 0.153 e. The number of phenolic OH excluding ortho intramolecular Hbond substituents is 1. The number of phenols is 1. The van der Waals surface area contributed by atoms with E-state index in [1.807, 2.05) is 6.92 Å². The molecular weight excluding hydrogens is 234 g/mol. The standard InChI is InChI=1S/C10H14ClNO2S/c1-6(5-14-2)15-10-7(11)3-4-8(12)9(10)13/h3-4,6,13H,5,12H2,1-2H3/t6-/m1/s1. The van der Waals surface area contributed by atoms with Crippen molar-refractivity contribution in [2.75, 3.05) is 19.5 Å². The quantitative estimate of drug-likeness (QED) is 0.488. The first kappa shape index (κ1) is 12.5. The Morgan fingerprint density at radius 3 is 2.87 bits per heavy atom. The van der Waals surface area contributed by atoms with Crippen LogP contribution in [0.2, 0.25) is 5.02 Å². The summed E-state index contributed by atoms with van der Waals surface area (Å²) in [4.78, 5) is 0.612. The molecule has 1 atom stereocenters. The second kappa shape index (κ2) is 5.49. The highest BCUT2D eigenvalue weighted by Crippen LogP contribution is 2.40. The molecule has 0 heterocycles. The van der Waals surface area contributed by atoms with Crippen molar-refractivity contribution in [3.8, 4) is 5.75 Å². The van der Waals surface area contributed by atoms with Crippen molar-refractivity contribution in [3.05, 3.63) is 17.2 Å². The number of benzene rings is 1. The number of nitrogen functional groups attached to an aromatic ring is 1. The second-order valence-corrected chi connectivity index (χ2v) is 5.05. The van der Waals surface area contributed by atoms with Crippen LogP contribution in [-0.2, 0) is 4.74 Å². The monoisotopic (exact) mass is 247 g/mol. The number of rotatable bonds is 4. The predicted molar refractivity (Wildman–Crippen MR) is 64.7 cm³/mol. The summed E-state index contributed by atoms with van der Waals surface area (Å²) in [5.41, 5.74) is 5.93. The fourth-order valence-electron chi connectivity index (χ4n) is 1.14. The number of hydrogen-bond donors (Lipinski definition) is 2. The van der Waals surface area contributed by atoms with Gasteiger partial charge in [0.2, 0.25) is 0 Å². The zero-order valence-electron chi connectivity index (χ0n) is 8.66. The summed E-state index contributed by atoms with van der Waals surface area (Å²) in [6.45, 7) is 2.59. The highest BCUT2D eigenvalue weighted by Gasteiger charge is 2.13. The van der Waals surface area contributed by atoms with Crippen LogP contribution in [0.4, 0.5) is 5.69 Å². The van der Waals surface area contributed by atoms with E-state index in [1.165, 1.54) is 11.8 Å². The summed E-state index contributed by atoms with van der Waals surface area (Å²) in [6, 6.07) is 3.27. The third-order valence-corrected chi connectivity index (χ3v) is 3.45. The number of methoxy groups -OCH3 is 1. The van der Waals surface area contributed by atoms with Crippen molar-refractivity contribution in [1.29, 1.82) is 0 Å². The average Bonchev–Trinajstić information content (AvgIpc) is 2.19. The molecule has 0 aromatic heterocycles. The zero-order chi connectivity index (χ0) is 11.4. The molecule has 1 aromatic rings. The molecule has 1 rings (SSSR count).